The van der Waals surface area contributed by atoms with Crippen LogP contribution in [0.2, 0.25) is 5.28 Å². The fourth-order valence-corrected chi connectivity index (χ4v) is 1.28. The normalized spacial score (nSPS) is 10.4. The number of nitrogens with one attached hydrogen (secondary N) is 1. The van der Waals surface area contributed by atoms with Gasteiger partial charge in [-0.3, -0.25) is 0 Å². The van der Waals surface area contributed by atoms with Gasteiger partial charge in [0.1, 0.15) is 0 Å². The average Bonchev–Trinajstić information content (AvgIpc) is 2.29. The molecule has 0 aliphatic heterocycles. The van der Waals surface area contributed by atoms with E-state index in [1.807, 2.05) is 0 Å². The molecule has 1 aromatic heterocycles. The molecule has 0 saturated heterocycles. The van der Waals surface area contributed by atoms with Crippen molar-refractivity contribution in [3.63, 3.8) is 0 Å². The number of rotatable bonds is 2. The van der Waals surface area contributed by atoms with E-state index in [1.165, 1.54) is 6.07 Å². The quantitative estimate of drug-likeness (QED) is 0.841. The van der Waals surface area contributed by atoms with Crippen LogP contribution in [0.4, 0.5) is 24.7 Å². The molecule has 88 valence electrons. The van der Waals surface area contributed by atoms with Crippen LogP contribution in [-0.2, 0) is 0 Å². The Balaban J connectivity index is 2.31. The van der Waals surface area contributed by atoms with Crippen molar-refractivity contribution in [2.75, 3.05) is 5.32 Å². The molecule has 0 aliphatic rings. The van der Waals surface area contributed by atoms with Crippen molar-refractivity contribution < 1.29 is 13.2 Å². The summed E-state index contributed by atoms with van der Waals surface area (Å²) in [5.41, 5.74) is 0.151. The highest BCUT2D eigenvalue weighted by molar-refractivity contribution is 6.28. The smallest absolute Gasteiger partial charge is 0.224 e. The van der Waals surface area contributed by atoms with E-state index >= 15 is 0 Å². The first-order chi connectivity index (χ1) is 8.06. The summed E-state index contributed by atoms with van der Waals surface area (Å²) in [5, 5.41) is 2.31. The number of benzene rings is 1. The second-order valence-electron chi connectivity index (χ2n) is 3.09. The molecule has 1 N–H and O–H groups in total. The van der Waals surface area contributed by atoms with Crippen molar-refractivity contribution in [3.8, 4) is 0 Å². The predicted molar refractivity (Wildman–Crippen MR) is 56.6 cm³/mol. The lowest BCUT2D eigenvalue weighted by atomic mass is 10.3. The number of aromatic nitrogens is 2. The molecule has 2 aromatic rings. The second-order valence-corrected chi connectivity index (χ2v) is 3.43. The molecule has 0 saturated carbocycles. The Labute approximate surface area is 99.3 Å². The van der Waals surface area contributed by atoms with Crippen LogP contribution in [0.3, 0.4) is 0 Å². The van der Waals surface area contributed by atoms with E-state index in [0.29, 0.717) is 0 Å². The van der Waals surface area contributed by atoms with Crippen LogP contribution >= 0.6 is 11.6 Å². The molecule has 1 heterocycles. The zero-order chi connectivity index (χ0) is 12.4. The van der Waals surface area contributed by atoms with Gasteiger partial charge in [0, 0.05) is 11.8 Å². The van der Waals surface area contributed by atoms with Gasteiger partial charge < -0.3 is 5.32 Å². The van der Waals surface area contributed by atoms with Crippen LogP contribution in [0.25, 0.3) is 0 Å². The zero-order valence-electron chi connectivity index (χ0n) is 8.22. The van der Waals surface area contributed by atoms with Crippen molar-refractivity contribution in [2.45, 2.75) is 0 Å². The van der Waals surface area contributed by atoms with E-state index in [9.17, 15) is 13.2 Å². The maximum Gasteiger partial charge on any atom is 0.224 e. The Morgan fingerprint density at radius 2 is 1.82 bits per heavy atom. The Kier molecular flexibility index (Phi) is 3.14. The topological polar surface area (TPSA) is 37.8 Å². The molecule has 0 amide bonds. The summed E-state index contributed by atoms with van der Waals surface area (Å²) in [6.07, 6.45) is 0.873. The van der Waals surface area contributed by atoms with Crippen molar-refractivity contribution in [3.05, 3.63) is 47.1 Å². The van der Waals surface area contributed by atoms with E-state index < -0.39 is 17.5 Å². The molecule has 0 fully saturated rings. The van der Waals surface area contributed by atoms with Crippen LogP contribution in [0.5, 0.6) is 0 Å². The third-order valence-electron chi connectivity index (χ3n) is 1.90. The largest absolute Gasteiger partial charge is 0.338 e. The third kappa shape index (κ3) is 2.65. The van der Waals surface area contributed by atoms with Gasteiger partial charge >= 0.3 is 0 Å². The fraction of sp³-hybridized carbons (Fsp3) is 0. The summed E-state index contributed by atoms with van der Waals surface area (Å²) in [6, 6.07) is 3.04. The number of hydrogen-bond donors (Lipinski definition) is 1. The van der Waals surface area contributed by atoms with Crippen LogP contribution in [0.15, 0.2) is 24.4 Å². The van der Waals surface area contributed by atoms with Gasteiger partial charge in [-0.1, -0.05) is 0 Å². The minimum atomic E-state index is -1.05. The van der Waals surface area contributed by atoms with E-state index in [0.717, 1.165) is 18.3 Å². The molecule has 17 heavy (non-hydrogen) atoms. The van der Waals surface area contributed by atoms with E-state index in [1.54, 1.807) is 0 Å². The molecule has 0 unspecified atom stereocenters. The van der Waals surface area contributed by atoms with Gasteiger partial charge in [0.15, 0.2) is 23.3 Å². The molecule has 0 aliphatic carbocycles. The zero-order valence-corrected chi connectivity index (χ0v) is 8.97. The summed E-state index contributed by atoms with van der Waals surface area (Å²) >= 11 is 5.48. The maximum absolute atomic E-state index is 13.2. The molecule has 0 radical (unpaired) electrons. The van der Waals surface area contributed by atoms with Crippen molar-refractivity contribution in [1.29, 1.82) is 0 Å². The molecular formula is C10H5ClF3N3. The Hall–Kier alpha value is -1.82. The van der Waals surface area contributed by atoms with Gasteiger partial charge in [0.2, 0.25) is 5.28 Å². The minimum absolute atomic E-state index is 0.151. The highest BCUT2D eigenvalue weighted by Gasteiger charge is 2.08. The molecule has 0 bridgehead atoms. The summed E-state index contributed by atoms with van der Waals surface area (Å²) in [5.74, 6) is -3.00. The monoisotopic (exact) mass is 259 g/mol. The first-order valence-electron chi connectivity index (χ1n) is 4.46. The van der Waals surface area contributed by atoms with Gasteiger partial charge in [-0.2, -0.15) is 4.98 Å². The van der Waals surface area contributed by atoms with Gasteiger partial charge in [-0.25, -0.2) is 18.2 Å². The fourth-order valence-electron chi connectivity index (χ4n) is 1.14. The van der Waals surface area contributed by atoms with Crippen molar-refractivity contribution in [1.82, 2.24) is 9.97 Å². The number of anilines is 2. The average molecular weight is 260 g/mol. The summed E-state index contributed by atoms with van der Waals surface area (Å²) < 4.78 is 38.8. The van der Waals surface area contributed by atoms with Crippen LogP contribution in [0.1, 0.15) is 0 Å². The van der Waals surface area contributed by atoms with Gasteiger partial charge in [-0.15, -0.1) is 0 Å². The predicted octanol–water partition coefficient (Wildman–Crippen LogP) is 3.29. The van der Waals surface area contributed by atoms with Gasteiger partial charge in [0.05, 0.1) is 6.20 Å². The molecule has 3 nitrogen and oxygen atoms in total. The first-order valence-corrected chi connectivity index (χ1v) is 4.84. The third-order valence-corrected chi connectivity index (χ3v) is 2.08. The van der Waals surface area contributed by atoms with Gasteiger partial charge in [-0.05, 0) is 23.7 Å². The molecular weight excluding hydrogens is 255 g/mol. The van der Waals surface area contributed by atoms with E-state index in [2.05, 4.69) is 15.3 Å². The maximum atomic E-state index is 13.2. The Bertz CT molecular complexity index is 562. The van der Waals surface area contributed by atoms with Crippen LogP contribution in [-0.4, -0.2) is 9.97 Å². The van der Waals surface area contributed by atoms with Crippen LogP contribution < -0.4 is 5.32 Å². The van der Waals surface area contributed by atoms with Crippen molar-refractivity contribution in [2.24, 2.45) is 0 Å². The van der Waals surface area contributed by atoms with E-state index in [-0.39, 0.29) is 16.8 Å². The first kappa shape index (κ1) is 11.7. The lowest BCUT2D eigenvalue weighted by Gasteiger charge is -2.06. The summed E-state index contributed by atoms with van der Waals surface area (Å²) in [7, 11) is 0. The number of halogens is 4. The van der Waals surface area contributed by atoms with Crippen molar-refractivity contribution >= 4 is 23.1 Å². The lowest BCUT2D eigenvalue weighted by Crippen LogP contribution is -1.99. The Morgan fingerprint density at radius 3 is 2.53 bits per heavy atom. The molecule has 2 rings (SSSR count). The highest BCUT2D eigenvalue weighted by atomic mass is 35.5. The molecule has 1 aromatic carbocycles. The SMILES string of the molecule is Fc1ccc(Nc2nc(Cl)ncc2F)cc1F. The summed E-state index contributed by atoms with van der Waals surface area (Å²) in [4.78, 5) is 6.99. The summed E-state index contributed by atoms with van der Waals surface area (Å²) in [6.45, 7) is 0. The highest BCUT2D eigenvalue weighted by Crippen LogP contribution is 2.20. The number of hydrogen-bond acceptors (Lipinski definition) is 3. The standard InChI is InChI=1S/C10H5ClF3N3/c11-10-15-4-8(14)9(17-10)16-5-1-2-6(12)7(13)3-5/h1-4H,(H,15,16,17). The van der Waals surface area contributed by atoms with Crippen LogP contribution in [0, 0.1) is 17.5 Å². The molecule has 0 atom stereocenters. The number of nitrogens with zero attached hydrogens (tertiary/aromatic N) is 2. The van der Waals surface area contributed by atoms with Gasteiger partial charge in [0.25, 0.3) is 0 Å². The van der Waals surface area contributed by atoms with E-state index in [4.69, 9.17) is 11.6 Å². The molecule has 0 spiro atoms. The minimum Gasteiger partial charge on any atom is -0.338 e. The second kappa shape index (κ2) is 4.58. The lowest BCUT2D eigenvalue weighted by molar-refractivity contribution is 0.509. The Morgan fingerprint density at radius 1 is 1.06 bits per heavy atom. The molecule has 7 heteroatoms.